The number of hydrogen-bond donors (Lipinski definition) is 1. The number of amides is 1. The highest BCUT2D eigenvalue weighted by Gasteiger charge is 2.35. The Morgan fingerprint density at radius 2 is 1.82 bits per heavy atom. The van der Waals surface area contributed by atoms with Crippen molar-refractivity contribution in [3.63, 3.8) is 0 Å². The molecule has 33 heavy (non-hydrogen) atoms. The Kier molecular flexibility index (Phi) is 9.16. The predicted octanol–water partition coefficient (Wildman–Crippen LogP) is 5.28. The van der Waals surface area contributed by atoms with Crippen LogP contribution in [-0.2, 0) is 28.7 Å². The third kappa shape index (κ3) is 6.92. The van der Waals surface area contributed by atoms with E-state index in [1.807, 2.05) is 0 Å². The number of ether oxygens (including phenoxy) is 1. The number of nitrogens with one attached hydrogen (secondary N) is 1. The van der Waals surface area contributed by atoms with Gasteiger partial charge in [0.05, 0.1) is 12.2 Å². The van der Waals surface area contributed by atoms with Gasteiger partial charge in [0, 0.05) is 37.7 Å². The predicted molar refractivity (Wildman–Crippen MR) is 120 cm³/mol. The molecule has 0 bridgehead atoms. The van der Waals surface area contributed by atoms with E-state index in [2.05, 4.69) is 19.2 Å². The minimum absolute atomic E-state index is 0.0333. The van der Waals surface area contributed by atoms with Gasteiger partial charge in [-0.1, -0.05) is 26.3 Å². The fourth-order valence-corrected chi connectivity index (χ4v) is 4.88. The van der Waals surface area contributed by atoms with Crippen LogP contribution in [0.3, 0.4) is 0 Å². The van der Waals surface area contributed by atoms with Crippen LogP contribution >= 0.6 is 0 Å². The van der Waals surface area contributed by atoms with E-state index in [4.69, 9.17) is 4.74 Å². The average molecular weight is 473 g/mol. The summed E-state index contributed by atoms with van der Waals surface area (Å²) in [6, 6.07) is 3.84. The summed E-state index contributed by atoms with van der Waals surface area (Å²) < 4.78 is 58.1. The normalized spacial score (nSPS) is 27.9. The van der Waals surface area contributed by atoms with Gasteiger partial charge in [-0.2, -0.15) is 13.2 Å². The van der Waals surface area contributed by atoms with E-state index in [0.29, 0.717) is 31.6 Å². The Hall–Kier alpha value is -1.67. The molecule has 1 amide bonds. The Bertz CT molecular complexity index is 778. The lowest BCUT2D eigenvalue weighted by Gasteiger charge is -2.37. The van der Waals surface area contributed by atoms with Gasteiger partial charge in [-0.3, -0.25) is 4.79 Å². The lowest BCUT2D eigenvalue weighted by Crippen LogP contribution is -2.50. The summed E-state index contributed by atoms with van der Waals surface area (Å²) in [7, 11) is 0. The second-order valence-corrected chi connectivity index (χ2v) is 9.40. The van der Waals surface area contributed by atoms with Gasteiger partial charge in [-0.25, -0.2) is 4.39 Å². The number of rotatable bonds is 3. The van der Waals surface area contributed by atoms with E-state index in [1.165, 1.54) is 18.6 Å². The first-order valence-corrected chi connectivity index (χ1v) is 12.2. The molecule has 2 atom stereocenters. The summed E-state index contributed by atoms with van der Waals surface area (Å²) in [5.41, 5.74) is 0.812. The van der Waals surface area contributed by atoms with Crippen molar-refractivity contribution in [2.24, 2.45) is 5.92 Å². The van der Waals surface area contributed by atoms with Crippen LogP contribution in [0.1, 0.15) is 69.1 Å². The average Bonchev–Trinajstić information content (AvgIpc) is 2.80. The minimum Gasteiger partial charge on any atom is -0.378 e. The van der Waals surface area contributed by atoms with E-state index >= 15 is 0 Å². The number of fused-ring (bicyclic) bond motifs is 1. The number of alkyl halides is 4. The first-order chi connectivity index (χ1) is 15.7. The molecule has 3 aliphatic rings. The van der Waals surface area contributed by atoms with Crippen LogP contribution in [0.4, 0.5) is 17.6 Å². The van der Waals surface area contributed by atoms with Crippen LogP contribution in [0.5, 0.6) is 0 Å². The van der Waals surface area contributed by atoms with Gasteiger partial charge >= 0.3 is 6.18 Å². The molecule has 2 heterocycles. The molecule has 4 nitrogen and oxygen atoms in total. The van der Waals surface area contributed by atoms with Crippen molar-refractivity contribution in [2.45, 2.75) is 89.8 Å². The highest BCUT2D eigenvalue weighted by atomic mass is 19.4. The zero-order valence-electron chi connectivity index (χ0n) is 19.6. The van der Waals surface area contributed by atoms with E-state index in [1.54, 1.807) is 4.90 Å². The molecule has 1 aromatic rings. The van der Waals surface area contributed by atoms with E-state index in [-0.39, 0.29) is 37.1 Å². The summed E-state index contributed by atoms with van der Waals surface area (Å²) in [5, 5.41) is 3.39. The topological polar surface area (TPSA) is 41.6 Å². The third-order valence-corrected chi connectivity index (χ3v) is 6.67. The summed E-state index contributed by atoms with van der Waals surface area (Å²) in [6.07, 6.45) is 0.186. The molecule has 2 unspecified atom stereocenters. The Morgan fingerprint density at radius 1 is 1.12 bits per heavy atom. The SMILES string of the molecule is CCC.O=C(C1CCC(NC2CCOCC2F)CC1)N1CCc2ccc(C(F)(F)F)cc2C1. The molecule has 4 rings (SSSR count). The molecule has 0 radical (unpaired) electrons. The zero-order chi connectivity index (χ0) is 24.0. The molecular formula is C25H36F4N2O2. The summed E-state index contributed by atoms with van der Waals surface area (Å²) in [4.78, 5) is 14.7. The molecule has 1 aromatic carbocycles. The molecule has 1 saturated heterocycles. The molecule has 1 N–H and O–H groups in total. The van der Waals surface area contributed by atoms with Crippen LogP contribution in [0, 0.1) is 5.92 Å². The molecule has 2 aliphatic heterocycles. The summed E-state index contributed by atoms with van der Waals surface area (Å²) in [5.74, 6) is -0.0720. The Morgan fingerprint density at radius 3 is 2.45 bits per heavy atom. The maximum Gasteiger partial charge on any atom is 0.416 e. The van der Waals surface area contributed by atoms with Gasteiger partial charge in [0.1, 0.15) is 6.17 Å². The highest BCUT2D eigenvalue weighted by molar-refractivity contribution is 5.79. The number of hydrogen-bond acceptors (Lipinski definition) is 3. The quantitative estimate of drug-likeness (QED) is 0.609. The molecule has 1 saturated carbocycles. The van der Waals surface area contributed by atoms with E-state index in [9.17, 15) is 22.4 Å². The smallest absolute Gasteiger partial charge is 0.378 e. The van der Waals surface area contributed by atoms with Gasteiger partial charge < -0.3 is 15.0 Å². The number of benzene rings is 1. The van der Waals surface area contributed by atoms with Crippen LogP contribution < -0.4 is 5.32 Å². The number of carbonyl (C=O) groups excluding carboxylic acids is 1. The highest BCUT2D eigenvalue weighted by Crippen LogP contribution is 2.33. The first-order valence-electron chi connectivity index (χ1n) is 12.2. The number of nitrogens with zero attached hydrogens (tertiary/aromatic N) is 1. The van der Waals surface area contributed by atoms with Crippen molar-refractivity contribution in [2.75, 3.05) is 19.8 Å². The van der Waals surface area contributed by atoms with Crippen LogP contribution in [0.25, 0.3) is 0 Å². The van der Waals surface area contributed by atoms with E-state index < -0.39 is 17.9 Å². The second kappa shape index (κ2) is 11.6. The lowest BCUT2D eigenvalue weighted by molar-refractivity contribution is -0.137. The second-order valence-electron chi connectivity index (χ2n) is 9.40. The maximum absolute atomic E-state index is 14.0. The standard InChI is InChI=1S/C22H28F4N2O2.C3H8/c23-19-13-30-10-8-20(19)27-18-5-2-15(3-6-18)21(29)28-9-7-14-1-4-17(22(24,25)26)11-16(14)12-28;1-3-2/h1,4,11,15,18-20,27H,2-3,5-10,12-13H2;3H2,1-2H3. The monoisotopic (exact) mass is 472 g/mol. The molecule has 0 aromatic heterocycles. The van der Waals surface area contributed by atoms with Crippen LogP contribution in [-0.4, -0.2) is 48.8 Å². The molecular weight excluding hydrogens is 436 g/mol. The van der Waals surface area contributed by atoms with Gasteiger partial charge in [-0.15, -0.1) is 0 Å². The number of carbonyl (C=O) groups is 1. The van der Waals surface area contributed by atoms with E-state index in [0.717, 1.165) is 37.3 Å². The molecule has 1 aliphatic carbocycles. The maximum atomic E-state index is 14.0. The molecule has 8 heteroatoms. The van der Waals surface area contributed by atoms with Gasteiger partial charge in [0.25, 0.3) is 0 Å². The van der Waals surface area contributed by atoms with Crippen molar-refractivity contribution in [1.82, 2.24) is 10.2 Å². The Balaban J connectivity index is 0.000000968. The molecule has 2 fully saturated rings. The lowest BCUT2D eigenvalue weighted by atomic mass is 9.84. The van der Waals surface area contributed by atoms with Gasteiger partial charge in [0.2, 0.25) is 5.91 Å². The fraction of sp³-hybridized carbons (Fsp3) is 0.720. The summed E-state index contributed by atoms with van der Waals surface area (Å²) in [6.45, 7) is 5.74. The van der Waals surface area contributed by atoms with Crippen molar-refractivity contribution in [3.8, 4) is 0 Å². The third-order valence-electron chi connectivity index (χ3n) is 6.67. The van der Waals surface area contributed by atoms with Crippen LogP contribution in [0.15, 0.2) is 18.2 Å². The van der Waals surface area contributed by atoms with Gasteiger partial charge in [-0.05, 0) is 61.8 Å². The van der Waals surface area contributed by atoms with Crippen molar-refractivity contribution in [3.05, 3.63) is 34.9 Å². The first kappa shape index (κ1) is 25.9. The Labute approximate surface area is 194 Å². The van der Waals surface area contributed by atoms with Crippen LogP contribution in [0.2, 0.25) is 0 Å². The van der Waals surface area contributed by atoms with Crippen molar-refractivity contribution in [1.29, 1.82) is 0 Å². The zero-order valence-corrected chi connectivity index (χ0v) is 19.6. The number of halogens is 4. The van der Waals surface area contributed by atoms with Gasteiger partial charge in [0.15, 0.2) is 0 Å². The molecule has 186 valence electrons. The van der Waals surface area contributed by atoms with Crippen molar-refractivity contribution < 1.29 is 27.1 Å². The molecule has 0 spiro atoms. The summed E-state index contributed by atoms with van der Waals surface area (Å²) >= 11 is 0. The largest absolute Gasteiger partial charge is 0.416 e. The minimum atomic E-state index is -4.38. The fourth-order valence-electron chi connectivity index (χ4n) is 4.88. The van der Waals surface area contributed by atoms with Crippen molar-refractivity contribution >= 4 is 5.91 Å².